The third-order valence-corrected chi connectivity index (χ3v) is 3.50. The molecular formula is C11H12F3N3O3S. The molecule has 2 heterocycles. The van der Waals surface area contributed by atoms with Crippen molar-refractivity contribution >= 4 is 28.5 Å². The van der Waals surface area contributed by atoms with Gasteiger partial charge < -0.3 is 10.1 Å². The van der Waals surface area contributed by atoms with Gasteiger partial charge in [-0.2, -0.15) is 13.2 Å². The minimum absolute atomic E-state index is 0.187. The number of halogens is 3. The molecule has 1 N–H and O–H groups in total. The molecule has 116 valence electrons. The first-order valence-electron chi connectivity index (χ1n) is 6.07. The molecule has 0 radical (unpaired) electrons. The van der Waals surface area contributed by atoms with Gasteiger partial charge in [-0.05, 0) is 12.8 Å². The van der Waals surface area contributed by atoms with E-state index in [0.29, 0.717) is 18.0 Å². The van der Waals surface area contributed by atoms with Crippen LogP contribution in [0.3, 0.4) is 0 Å². The zero-order chi connectivity index (χ0) is 15.5. The topological polar surface area (TPSA) is 71.5 Å². The molecule has 0 saturated carbocycles. The van der Waals surface area contributed by atoms with Gasteiger partial charge in [0.2, 0.25) is 5.91 Å². The van der Waals surface area contributed by atoms with E-state index in [0.717, 1.165) is 4.90 Å². The molecule has 1 saturated heterocycles. The third kappa shape index (κ3) is 4.31. The number of amides is 2. The summed E-state index contributed by atoms with van der Waals surface area (Å²) in [6.07, 6.45) is -3.32. The highest BCUT2D eigenvalue weighted by atomic mass is 32.1. The van der Waals surface area contributed by atoms with Gasteiger partial charge in [0, 0.05) is 18.1 Å². The van der Waals surface area contributed by atoms with Crippen molar-refractivity contribution in [1.82, 2.24) is 9.88 Å². The number of likely N-dealkylation sites (tertiary alicyclic amines) is 1. The van der Waals surface area contributed by atoms with Gasteiger partial charge in [-0.25, -0.2) is 9.78 Å². The van der Waals surface area contributed by atoms with Crippen molar-refractivity contribution < 1.29 is 27.5 Å². The number of hydrogen-bond acceptors (Lipinski definition) is 5. The van der Waals surface area contributed by atoms with Crippen LogP contribution in [0.25, 0.3) is 0 Å². The van der Waals surface area contributed by atoms with E-state index in [2.05, 4.69) is 15.0 Å². The first kappa shape index (κ1) is 15.5. The Bertz CT molecular complexity index is 507. The number of carbonyl (C=O) groups is 2. The molecule has 1 aromatic rings. The molecule has 0 unspecified atom stereocenters. The van der Waals surface area contributed by atoms with Crippen LogP contribution in [0.1, 0.15) is 12.8 Å². The minimum atomic E-state index is -4.59. The molecule has 0 aromatic carbocycles. The van der Waals surface area contributed by atoms with Crippen LogP contribution in [-0.2, 0) is 9.53 Å². The van der Waals surface area contributed by atoms with Crippen LogP contribution in [0, 0.1) is 0 Å². The number of ether oxygens (including phenoxy) is 1. The van der Waals surface area contributed by atoms with Crippen LogP contribution >= 0.6 is 11.3 Å². The second-order valence-corrected chi connectivity index (χ2v) is 5.24. The van der Waals surface area contributed by atoms with Crippen molar-refractivity contribution in [2.45, 2.75) is 25.1 Å². The van der Waals surface area contributed by atoms with Crippen LogP contribution in [0.15, 0.2) is 11.6 Å². The number of nitrogens with zero attached hydrogens (tertiary/aromatic N) is 2. The first-order chi connectivity index (χ1) is 9.87. The average Bonchev–Trinajstić information content (AvgIpc) is 3.05. The number of anilines is 1. The van der Waals surface area contributed by atoms with Gasteiger partial charge >= 0.3 is 12.3 Å². The fraction of sp³-hybridized carbons (Fsp3) is 0.545. The largest absolute Gasteiger partial charge is 0.440 e. The molecule has 1 aliphatic heterocycles. The lowest BCUT2D eigenvalue weighted by atomic mass is 10.2. The highest BCUT2D eigenvalue weighted by molar-refractivity contribution is 7.13. The van der Waals surface area contributed by atoms with E-state index in [1.54, 1.807) is 5.38 Å². The second kappa shape index (κ2) is 6.29. The van der Waals surface area contributed by atoms with Crippen LogP contribution in [0.4, 0.5) is 23.1 Å². The van der Waals surface area contributed by atoms with E-state index in [-0.39, 0.29) is 6.54 Å². The summed E-state index contributed by atoms with van der Waals surface area (Å²) in [4.78, 5) is 28.5. The van der Waals surface area contributed by atoms with Gasteiger partial charge in [-0.1, -0.05) is 0 Å². The summed E-state index contributed by atoms with van der Waals surface area (Å²) in [6.45, 7) is -1.48. The SMILES string of the molecule is O=C(Nc1nccs1)[C@H]1CCCN1C(=O)OCC(F)(F)F. The van der Waals surface area contributed by atoms with Crippen LogP contribution in [-0.4, -0.2) is 47.3 Å². The Morgan fingerprint density at radius 3 is 2.90 bits per heavy atom. The van der Waals surface area contributed by atoms with E-state index in [4.69, 9.17) is 0 Å². The molecule has 21 heavy (non-hydrogen) atoms. The number of hydrogen-bond donors (Lipinski definition) is 1. The molecule has 10 heteroatoms. The van der Waals surface area contributed by atoms with Crippen LogP contribution < -0.4 is 5.32 Å². The van der Waals surface area contributed by atoms with E-state index in [1.165, 1.54) is 17.5 Å². The van der Waals surface area contributed by atoms with Gasteiger partial charge in [-0.3, -0.25) is 9.69 Å². The maximum Gasteiger partial charge on any atom is 0.422 e. The maximum absolute atomic E-state index is 12.0. The Balaban J connectivity index is 1.93. The maximum atomic E-state index is 12.0. The number of nitrogens with one attached hydrogen (secondary N) is 1. The summed E-state index contributed by atoms with van der Waals surface area (Å²) in [6, 6.07) is -0.838. The van der Waals surface area contributed by atoms with Crippen LogP contribution in [0.2, 0.25) is 0 Å². The van der Waals surface area contributed by atoms with Crippen LogP contribution in [0.5, 0.6) is 0 Å². The highest BCUT2D eigenvalue weighted by Crippen LogP contribution is 2.22. The molecule has 6 nitrogen and oxygen atoms in total. The third-order valence-electron chi connectivity index (χ3n) is 2.81. The Morgan fingerprint density at radius 1 is 1.52 bits per heavy atom. The van der Waals surface area contributed by atoms with E-state index in [9.17, 15) is 22.8 Å². The molecule has 0 bridgehead atoms. The zero-order valence-corrected chi connectivity index (χ0v) is 11.5. The summed E-state index contributed by atoms with van der Waals surface area (Å²) < 4.78 is 40.3. The Labute approximate surface area is 121 Å². The molecule has 0 spiro atoms. The fourth-order valence-corrected chi connectivity index (χ4v) is 2.49. The molecule has 2 amide bonds. The number of aromatic nitrogens is 1. The first-order valence-corrected chi connectivity index (χ1v) is 6.95. The average molecular weight is 323 g/mol. The smallest absolute Gasteiger partial charge is 0.422 e. The summed E-state index contributed by atoms with van der Waals surface area (Å²) >= 11 is 1.21. The number of rotatable bonds is 3. The van der Waals surface area contributed by atoms with Gasteiger partial charge in [0.05, 0.1) is 0 Å². The van der Waals surface area contributed by atoms with E-state index < -0.39 is 30.8 Å². The summed E-state index contributed by atoms with van der Waals surface area (Å²) in [5.74, 6) is -0.480. The van der Waals surface area contributed by atoms with Crippen molar-refractivity contribution in [2.75, 3.05) is 18.5 Å². The number of alkyl halides is 3. The van der Waals surface area contributed by atoms with E-state index in [1.807, 2.05) is 0 Å². The van der Waals surface area contributed by atoms with Crippen molar-refractivity contribution in [3.05, 3.63) is 11.6 Å². The molecule has 2 rings (SSSR count). The lowest BCUT2D eigenvalue weighted by molar-refractivity contribution is -0.162. The normalized spacial score (nSPS) is 18.6. The minimum Gasteiger partial charge on any atom is -0.440 e. The Hall–Kier alpha value is -1.84. The molecule has 1 aliphatic rings. The summed E-state index contributed by atoms with van der Waals surface area (Å²) in [5, 5.41) is 4.55. The zero-order valence-electron chi connectivity index (χ0n) is 10.7. The molecule has 1 atom stereocenters. The van der Waals surface area contributed by atoms with Crippen molar-refractivity contribution in [1.29, 1.82) is 0 Å². The van der Waals surface area contributed by atoms with Crippen molar-refractivity contribution in [3.63, 3.8) is 0 Å². The standard InChI is InChI=1S/C11H12F3N3O3S/c12-11(13,14)6-20-10(19)17-4-1-2-7(17)8(18)16-9-15-3-5-21-9/h3,5,7H,1-2,4,6H2,(H,15,16,18)/t7-/m1/s1. The predicted octanol–water partition coefficient (Wildman–Crippen LogP) is 2.24. The monoisotopic (exact) mass is 323 g/mol. The fourth-order valence-electron chi connectivity index (χ4n) is 1.96. The van der Waals surface area contributed by atoms with E-state index >= 15 is 0 Å². The quantitative estimate of drug-likeness (QED) is 0.926. The lowest BCUT2D eigenvalue weighted by Crippen LogP contribution is -2.44. The molecule has 0 aliphatic carbocycles. The van der Waals surface area contributed by atoms with Crippen molar-refractivity contribution in [3.8, 4) is 0 Å². The summed E-state index contributed by atoms with van der Waals surface area (Å²) in [5.41, 5.74) is 0. The Kier molecular flexibility index (Phi) is 4.66. The molecule has 1 fully saturated rings. The van der Waals surface area contributed by atoms with Gasteiger partial charge in [0.25, 0.3) is 0 Å². The molecular weight excluding hydrogens is 311 g/mol. The highest BCUT2D eigenvalue weighted by Gasteiger charge is 2.37. The number of carbonyl (C=O) groups excluding carboxylic acids is 2. The number of thiazole rings is 1. The Morgan fingerprint density at radius 2 is 2.29 bits per heavy atom. The molecule has 1 aromatic heterocycles. The van der Waals surface area contributed by atoms with Gasteiger partial charge in [0.1, 0.15) is 6.04 Å². The predicted molar refractivity (Wildman–Crippen MR) is 67.9 cm³/mol. The van der Waals surface area contributed by atoms with Gasteiger partial charge in [0.15, 0.2) is 11.7 Å². The van der Waals surface area contributed by atoms with Gasteiger partial charge in [-0.15, -0.1) is 11.3 Å². The lowest BCUT2D eigenvalue weighted by Gasteiger charge is -2.23. The summed E-state index contributed by atoms with van der Waals surface area (Å²) in [7, 11) is 0. The van der Waals surface area contributed by atoms with Crippen molar-refractivity contribution in [2.24, 2.45) is 0 Å². The second-order valence-electron chi connectivity index (χ2n) is 4.35.